The predicted molar refractivity (Wildman–Crippen MR) is 101 cm³/mol. The molecule has 0 aromatic carbocycles. The van der Waals surface area contributed by atoms with Crippen LogP contribution in [-0.2, 0) is 41.6 Å². The minimum Gasteiger partial charge on any atom is -0.465 e. The summed E-state index contributed by atoms with van der Waals surface area (Å²) in [6.07, 6.45) is -0.0730. The molecule has 1 rings (SSSR count). The number of esters is 3. The van der Waals surface area contributed by atoms with Crippen LogP contribution in [0.2, 0.25) is 0 Å². The SMILES string of the molecule is CCOC(=O)Cn1c(C)c(C)c(C(=O)OCC)c1CC(C(C)=O)C(=O)OCC. The molecule has 0 radical (unpaired) electrons. The summed E-state index contributed by atoms with van der Waals surface area (Å²) in [5.41, 5.74) is 1.94. The van der Waals surface area contributed by atoms with E-state index in [4.69, 9.17) is 14.2 Å². The number of ether oxygens (including phenoxy) is 3. The molecular weight excluding hydrogens is 366 g/mol. The van der Waals surface area contributed by atoms with E-state index in [-0.39, 0.29) is 44.1 Å². The second kappa shape index (κ2) is 10.6. The number of rotatable bonds is 10. The van der Waals surface area contributed by atoms with Gasteiger partial charge in [-0.05, 0) is 47.1 Å². The topological polar surface area (TPSA) is 101 Å². The lowest BCUT2D eigenvalue weighted by Gasteiger charge is -2.17. The Morgan fingerprint density at radius 1 is 0.929 bits per heavy atom. The summed E-state index contributed by atoms with van der Waals surface area (Å²) in [5.74, 6) is -3.17. The molecule has 0 fully saturated rings. The molecule has 0 bridgehead atoms. The van der Waals surface area contributed by atoms with Gasteiger partial charge >= 0.3 is 17.9 Å². The van der Waals surface area contributed by atoms with Crippen molar-refractivity contribution in [2.75, 3.05) is 19.8 Å². The smallest absolute Gasteiger partial charge is 0.340 e. The van der Waals surface area contributed by atoms with Crippen molar-refractivity contribution >= 4 is 23.7 Å². The van der Waals surface area contributed by atoms with Crippen molar-refractivity contribution in [1.29, 1.82) is 0 Å². The molecule has 0 amide bonds. The predicted octanol–water partition coefficient (Wildman–Crippen LogP) is 2.16. The molecule has 156 valence electrons. The monoisotopic (exact) mass is 395 g/mol. The van der Waals surface area contributed by atoms with Gasteiger partial charge in [0.05, 0.1) is 25.4 Å². The molecule has 0 N–H and O–H groups in total. The van der Waals surface area contributed by atoms with Crippen molar-refractivity contribution in [1.82, 2.24) is 4.57 Å². The molecule has 0 saturated heterocycles. The van der Waals surface area contributed by atoms with Gasteiger partial charge in [-0.3, -0.25) is 14.4 Å². The molecule has 0 aliphatic heterocycles. The lowest BCUT2D eigenvalue weighted by atomic mass is 9.96. The minimum absolute atomic E-state index is 0.0730. The zero-order valence-corrected chi connectivity index (χ0v) is 17.4. The fourth-order valence-electron chi connectivity index (χ4n) is 3.00. The third kappa shape index (κ3) is 5.43. The van der Waals surface area contributed by atoms with E-state index >= 15 is 0 Å². The molecular formula is C20H29NO7. The second-order valence-electron chi connectivity index (χ2n) is 6.26. The number of hydrogen-bond acceptors (Lipinski definition) is 7. The standard InChI is InChI=1S/C20H29NO7/c1-7-26-17(23)11-21-13(5)12(4)18(20(25)28-9-3)16(21)10-15(14(6)22)19(24)27-8-2/h15H,7-11H2,1-6H3. The molecule has 1 atom stereocenters. The van der Waals surface area contributed by atoms with Crippen molar-refractivity contribution in [2.24, 2.45) is 5.92 Å². The van der Waals surface area contributed by atoms with E-state index < -0.39 is 23.8 Å². The first-order valence-electron chi connectivity index (χ1n) is 9.37. The summed E-state index contributed by atoms with van der Waals surface area (Å²) in [5, 5.41) is 0. The van der Waals surface area contributed by atoms with Gasteiger partial charge < -0.3 is 18.8 Å². The normalized spacial score (nSPS) is 11.6. The fourth-order valence-corrected chi connectivity index (χ4v) is 3.00. The van der Waals surface area contributed by atoms with Gasteiger partial charge in [0.1, 0.15) is 18.2 Å². The highest BCUT2D eigenvalue weighted by Gasteiger charge is 2.32. The van der Waals surface area contributed by atoms with Gasteiger partial charge in [-0.25, -0.2) is 4.79 Å². The molecule has 1 aromatic rings. The van der Waals surface area contributed by atoms with E-state index in [9.17, 15) is 19.2 Å². The van der Waals surface area contributed by atoms with E-state index in [1.54, 1.807) is 39.2 Å². The first-order valence-corrected chi connectivity index (χ1v) is 9.37. The summed E-state index contributed by atoms with van der Waals surface area (Å²) < 4.78 is 16.8. The molecule has 0 aliphatic carbocycles. The van der Waals surface area contributed by atoms with Gasteiger partial charge in [0.15, 0.2) is 0 Å². The van der Waals surface area contributed by atoms with Crippen LogP contribution in [0.4, 0.5) is 0 Å². The highest BCUT2D eigenvalue weighted by molar-refractivity contribution is 5.99. The average molecular weight is 395 g/mol. The molecule has 0 spiro atoms. The Kier molecular flexibility index (Phi) is 8.88. The minimum atomic E-state index is -1.08. The Morgan fingerprint density at radius 3 is 2.00 bits per heavy atom. The van der Waals surface area contributed by atoms with Crippen LogP contribution in [0.3, 0.4) is 0 Å². The molecule has 8 nitrogen and oxygen atoms in total. The summed E-state index contributed by atoms with van der Waals surface area (Å²) in [6, 6.07) is 0. The summed E-state index contributed by atoms with van der Waals surface area (Å²) in [6.45, 7) is 10.2. The van der Waals surface area contributed by atoms with Crippen molar-refractivity contribution in [3.8, 4) is 0 Å². The average Bonchev–Trinajstić information content (AvgIpc) is 2.84. The van der Waals surface area contributed by atoms with Crippen molar-refractivity contribution in [3.05, 3.63) is 22.5 Å². The first kappa shape index (κ1) is 23.4. The number of nitrogens with zero attached hydrogens (tertiary/aromatic N) is 1. The van der Waals surface area contributed by atoms with Crippen LogP contribution in [0, 0.1) is 19.8 Å². The molecule has 1 aromatic heterocycles. The number of Topliss-reactive ketones (excluding diaryl/α,β-unsaturated/α-hetero) is 1. The van der Waals surface area contributed by atoms with Crippen molar-refractivity contribution in [2.45, 2.75) is 54.5 Å². The fraction of sp³-hybridized carbons (Fsp3) is 0.600. The van der Waals surface area contributed by atoms with Gasteiger partial charge in [0.2, 0.25) is 0 Å². The number of ketones is 1. The Balaban J connectivity index is 3.50. The van der Waals surface area contributed by atoms with E-state index in [2.05, 4.69) is 0 Å². The molecule has 1 unspecified atom stereocenters. The van der Waals surface area contributed by atoms with Gasteiger partial charge in [-0.15, -0.1) is 0 Å². The lowest BCUT2D eigenvalue weighted by molar-refractivity contribution is -0.151. The Bertz CT molecular complexity index is 748. The zero-order chi connectivity index (χ0) is 21.4. The van der Waals surface area contributed by atoms with Gasteiger partial charge in [-0.2, -0.15) is 0 Å². The molecule has 1 heterocycles. The van der Waals surface area contributed by atoms with Crippen LogP contribution in [-0.4, -0.2) is 48.1 Å². The summed E-state index contributed by atoms with van der Waals surface area (Å²) >= 11 is 0. The quantitative estimate of drug-likeness (QED) is 0.340. The second-order valence-corrected chi connectivity index (χ2v) is 6.26. The van der Waals surface area contributed by atoms with Crippen LogP contribution in [0.15, 0.2) is 0 Å². The summed E-state index contributed by atoms with van der Waals surface area (Å²) in [4.78, 5) is 49.0. The third-order valence-corrected chi connectivity index (χ3v) is 4.47. The zero-order valence-electron chi connectivity index (χ0n) is 17.4. The number of carbonyl (C=O) groups is 4. The number of hydrogen-bond donors (Lipinski definition) is 0. The van der Waals surface area contributed by atoms with E-state index in [1.165, 1.54) is 6.92 Å². The first-order chi connectivity index (χ1) is 13.2. The molecule has 0 aliphatic rings. The Labute approximate surface area is 165 Å². The summed E-state index contributed by atoms with van der Waals surface area (Å²) in [7, 11) is 0. The highest BCUT2D eigenvalue weighted by Crippen LogP contribution is 2.27. The molecule has 28 heavy (non-hydrogen) atoms. The van der Waals surface area contributed by atoms with Crippen molar-refractivity contribution in [3.63, 3.8) is 0 Å². The van der Waals surface area contributed by atoms with Gasteiger partial charge in [-0.1, -0.05) is 0 Å². The van der Waals surface area contributed by atoms with Gasteiger partial charge in [0, 0.05) is 17.8 Å². The Morgan fingerprint density at radius 2 is 1.50 bits per heavy atom. The van der Waals surface area contributed by atoms with Crippen LogP contribution >= 0.6 is 0 Å². The third-order valence-electron chi connectivity index (χ3n) is 4.47. The number of carbonyl (C=O) groups excluding carboxylic acids is 4. The lowest BCUT2D eigenvalue weighted by Crippen LogP contribution is -2.29. The van der Waals surface area contributed by atoms with Gasteiger partial charge in [0.25, 0.3) is 0 Å². The largest absolute Gasteiger partial charge is 0.465 e. The maximum atomic E-state index is 12.6. The van der Waals surface area contributed by atoms with E-state index in [0.717, 1.165) is 0 Å². The van der Waals surface area contributed by atoms with Crippen molar-refractivity contribution < 1.29 is 33.4 Å². The van der Waals surface area contributed by atoms with Crippen LogP contribution in [0.25, 0.3) is 0 Å². The molecule has 8 heteroatoms. The van der Waals surface area contributed by atoms with Crippen LogP contribution in [0.1, 0.15) is 55.0 Å². The Hall–Kier alpha value is -2.64. The van der Waals surface area contributed by atoms with Crippen LogP contribution < -0.4 is 0 Å². The van der Waals surface area contributed by atoms with E-state index in [1.807, 2.05) is 0 Å². The maximum absolute atomic E-state index is 12.6. The van der Waals surface area contributed by atoms with Crippen LogP contribution in [0.5, 0.6) is 0 Å². The maximum Gasteiger partial charge on any atom is 0.340 e. The highest BCUT2D eigenvalue weighted by atomic mass is 16.5. The molecule has 0 saturated carbocycles. The number of aromatic nitrogens is 1. The van der Waals surface area contributed by atoms with E-state index in [0.29, 0.717) is 17.0 Å².